The molecule has 90 valence electrons. The number of nitrogens with zero attached hydrogens (tertiary/aromatic N) is 1. The normalized spacial score (nSPS) is 9.78. The van der Waals surface area contributed by atoms with Gasteiger partial charge in [-0.05, 0) is 6.92 Å². The summed E-state index contributed by atoms with van der Waals surface area (Å²) in [7, 11) is 0. The number of hydrogen-bond acceptors (Lipinski definition) is 4. The van der Waals surface area contributed by atoms with Crippen LogP contribution in [0.1, 0.15) is 22.8 Å². The molecule has 1 heterocycles. The van der Waals surface area contributed by atoms with Gasteiger partial charge in [-0.1, -0.05) is 30.3 Å². The molecule has 4 heteroatoms. The van der Waals surface area contributed by atoms with E-state index < -0.39 is 5.97 Å². The first-order chi connectivity index (χ1) is 8.77. The maximum Gasteiger partial charge on any atom is 0.342 e. The third kappa shape index (κ3) is 2.11. The first kappa shape index (κ1) is 11.9. The molecule has 0 radical (unpaired) electrons. The minimum atomic E-state index is -0.542. The molecule has 0 saturated heterocycles. The van der Waals surface area contributed by atoms with Gasteiger partial charge < -0.3 is 9.15 Å². The topological polar surface area (TPSA) is 63.2 Å². The van der Waals surface area contributed by atoms with Crippen LogP contribution in [-0.4, -0.2) is 12.6 Å². The van der Waals surface area contributed by atoms with Gasteiger partial charge in [0.05, 0.1) is 6.61 Å². The van der Waals surface area contributed by atoms with Crippen LogP contribution in [0.4, 0.5) is 0 Å². The van der Waals surface area contributed by atoms with E-state index in [0.29, 0.717) is 5.76 Å². The van der Waals surface area contributed by atoms with Crippen LogP contribution in [0.15, 0.2) is 41.0 Å². The number of furan rings is 1. The average Bonchev–Trinajstić information content (AvgIpc) is 2.83. The third-order valence-electron chi connectivity index (χ3n) is 2.43. The zero-order valence-corrected chi connectivity index (χ0v) is 9.84. The first-order valence-electron chi connectivity index (χ1n) is 5.52. The molecular formula is C14H11NO3. The highest BCUT2D eigenvalue weighted by molar-refractivity contribution is 5.94. The first-order valence-corrected chi connectivity index (χ1v) is 5.52. The second-order valence-corrected chi connectivity index (χ2v) is 3.55. The Hall–Kier alpha value is -2.54. The number of carbonyl (C=O) groups excluding carboxylic acids is 1. The molecule has 4 nitrogen and oxygen atoms in total. The van der Waals surface area contributed by atoms with Gasteiger partial charge in [0.15, 0.2) is 5.76 Å². The summed E-state index contributed by atoms with van der Waals surface area (Å²) in [4.78, 5) is 11.6. The summed E-state index contributed by atoms with van der Waals surface area (Å²) in [6, 6.07) is 11.2. The van der Waals surface area contributed by atoms with Crippen molar-refractivity contribution < 1.29 is 13.9 Å². The zero-order valence-electron chi connectivity index (χ0n) is 9.84. The molecule has 0 unspecified atom stereocenters. The van der Waals surface area contributed by atoms with Crippen molar-refractivity contribution in [2.24, 2.45) is 0 Å². The van der Waals surface area contributed by atoms with E-state index in [1.165, 1.54) is 6.26 Å². The van der Waals surface area contributed by atoms with Crippen molar-refractivity contribution in [2.75, 3.05) is 6.61 Å². The lowest BCUT2D eigenvalue weighted by molar-refractivity contribution is 0.0525. The second-order valence-electron chi connectivity index (χ2n) is 3.55. The maximum atomic E-state index is 11.6. The lowest BCUT2D eigenvalue weighted by Gasteiger charge is -1.99. The smallest absolute Gasteiger partial charge is 0.342 e. The van der Waals surface area contributed by atoms with Crippen molar-refractivity contribution in [3.8, 4) is 17.4 Å². The van der Waals surface area contributed by atoms with E-state index in [2.05, 4.69) is 0 Å². The van der Waals surface area contributed by atoms with Crippen LogP contribution in [-0.2, 0) is 4.74 Å². The van der Waals surface area contributed by atoms with Crippen molar-refractivity contribution in [3.63, 3.8) is 0 Å². The molecule has 0 fully saturated rings. The number of ether oxygens (including phenoxy) is 1. The van der Waals surface area contributed by atoms with Crippen LogP contribution >= 0.6 is 0 Å². The Morgan fingerprint density at radius 3 is 2.72 bits per heavy atom. The van der Waals surface area contributed by atoms with E-state index >= 15 is 0 Å². The predicted octanol–water partition coefficient (Wildman–Crippen LogP) is 2.99. The summed E-state index contributed by atoms with van der Waals surface area (Å²) >= 11 is 0. The number of carbonyl (C=O) groups is 1. The quantitative estimate of drug-likeness (QED) is 0.775. The highest BCUT2D eigenvalue weighted by Crippen LogP contribution is 2.27. The van der Waals surface area contributed by atoms with Crippen molar-refractivity contribution in [1.82, 2.24) is 0 Å². The molecule has 0 atom stereocenters. The van der Waals surface area contributed by atoms with Crippen LogP contribution in [0.5, 0.6) is 0 Å². The van der Waals surface area contributed by atoms with Crippen LogP contribution in [0.2, 0.25) is 0 Å². The molecule has 0 aliphatic rings. The van der Waals surface area contributed by atoms with Gasteiger partial charge >= 0.3 is 5.97 Å². The molecule has 0 bridgehead atoms. The van der Waals surface area contributed by atoms with Gasteiger partial charge in [0.1, 0.15) is 23.5 Å². The third-order valence-corrected chi connectivity index (χ3v) is 2.43. The van der Waals surface area contributed by atoms with E-state index in [1.807, 2.05) is 36.4 Å². The number of rotatable bonds is 3. The Morgan fingerprint density at radius 2 is 2.11 bits per heavy atom. The Balaban J connectivity index is 2.47. The van der Waals surface area contributed by atoms with Crippen LogP contribution < -0.4 is 0 Å². The molecule has 2 aromatic rings. The maximum absolute atomic E-state index is 11.6. The molecular weight excluding hydrogens is 230 g/mol. The number of nitriles is 1. The Kier molecular flexibility index (Phi) is 3.44. The van der Waals surface area contributed by atoms with Gasteiger partial charge in [0.2, 0.25) is 0 Å². The molecule has 2 rings (SSSR count). The summed E-state index contributed by atoms with van der Waals surface area (Å²) in [5, 5.41) is 9.15. The van der Waals surface area contributed by atoms with Crippen LogP contribution in [0.25, 0.3) is 11.3 Å². The SMILES string of the molecule is CCOC(=O)c1coc(-c2ccccc2)c1C#N. The van der Waals surface area contributed by atoms with Crippen LogP contribution in [0, 0.1) is 11.3 Å². The summed E-state index contributed by atoms with van der Waals surface area (Å²) < 4.78 is 10.2. The average molecular weight is 241 g/mol. The molecule has 0 N–H and O–H groups in total. The summed E-state index contributed by atoms with van der Waals surface area (Å²) in [6.45, 7) is 1.97. The standard InChI is InChI=1S/C14H11NO3/c1-2-17-14(16)12-9-18-13(11(12)8-15)10-6-4-3-5-7-10/h3-7,9H,2H2,1H3. The summed E-state index contributed by atoms with van der Waals surface area (Å²) in [5.74, 6) is -0.152. The van der Waals surface area contributed by atoms with Crippen molar-refractivity contribution in [1.29, 1.82) is 5.26 Å². The fourth-order valence-corrected chi connectivity index (χ4v) is 1.63. The predicted molar refractivity (Wildman–Crippen MR) is 64.8 cm³/mol. The highest BCUT2D eigenvalue weighted by Gasteiger charge is 2.21. The Morgan fingerprint density at radius 1 is 1.39 bits per heavy atom. The molecule has 0 aliphatic carbocycles. The number of esters is 1. The van der Waals surface area contributed by atoms with Crippen molar-refractivity contribution in [2.45, 2.75) is 6.92 Å². The van der Waals surface area contributed by atoms with Gasteiger partial charge in [-0.15, -0.1) is 0 Å². The Bertz CT molecular complexity index is 593. The number of benzene rings is 1. The minimum absolute atomic E-state index is 0.165. The van der Waals surface area contributed by atoms with Gasteiger partial charge in [0, 0.05) is 5.56 Å². The fraction of sp³-hybridized carbons (Fsp3) is 0.143. The van der Waals surface area contributed by atoms with E-state index in [-0.39, 0.29) is 17.7 Å². The molecule has 0 saturated carbocycles. The lowest BCUT2D eigenvalue weighted by atomic mass is 10.1. The van der Waals surface area contributed by atoms with Gasteiger partial charge in [0.25, 0.3) is 0 Å². The molecule has 0 aliphatic heterocycles. The zero-order chi connectivity index (χ0) is 13.0. The van der Waals surface area contributed by atoms with E-state index in [9.17, 15) is 4.79 Å². The van der Waals surface area contributed by atoms with E-state index in [0.717, 1.165) is 5.56 Å². The van der Waals surface area contributed by atoms with Gasteiger partial charge in [-0.2, -0.15) is 5.26 Å². The molecule has 1 aromatic carbocycles. The second kappa shape index (κ2) is 5.19. The molecule has 1 aromatic heterocycles. The van der Waals surface area contributed by atoms with Gasteiger partial charge in [-0.25, -0.2) is 4.79 Å². The highest BCUT2D eigenvalue weighted by atomic mass is 16.5. The number of hydrogen-bond donors (Lipinski definition) is 0. The minimum Gasteiger partial charge on any atom is -0.462 e. The molecule has 0 spiro atoms. The summed E-state index contributed by atoms with van der Waals surface area (Å²) in [5.41, 5.74) is 1.13. The molecule has 18 heavy (non-hydrogen) atoms. The largest absolute Gasteiger partial charge is 0.462 e. The van der Waals surface area contributed by atoms with E-state index in [4.69, 9.17) is 14.4 Å². The monoisotopic (exact) mass is 241 g/mol. The van der Waals surface area contributed by atoms with Gasteiger partial charge in [-0.3, -0.25) is 0 Å². The molecule has 0 amide bonds. The van der Waals surface area contributed by atoms with Crippen molar-refractivity contribution in [3.05, 3.63) is 47.7 Å². The Labute approximate surface area is 104 Å². The van der Waals surface area contributed by atoms with Crippen molar-refractivity contribution >= 4 is 5.97 Å². The van der Waals surface area contributed by atoms with E-state index in [1.54, 1.807) is 6.92 Å². The summed E-state index contributed by atoms with van der Waals surface area (Å²) in [6.07, 6.45) is 1.26. The van der Waals surface area contributed by atoms with Crippen LogP contribution in [0.3, 0.4) is 0 Å². The fourth-order valence-electron chi connectivity index (χ4n) is 1.63. The lowest BCUT2D eigenvalue weighted by Crippen LogP contribution is -2.05.